The van der Waals surface area contributed by atoms with Crippen LogP contribution in [0.2, 0.25) is 0 Å². The van der Waals surface area contributed by atoms with Gasteiger partial charge in [0.05, 0.1) is 38.7 Å². The lowest BCUT2D eigenvalue weighted by molar-refractivity contribution is 0.0601. The van der Waals surface area contributed by atoms with Crippen molar-refractivity contribution >= 4 is 16.1 Å². The Morgan fingerprint density at radius 3 is 2.12 bits per heavy atom. The maximum atomic E-state index is 12.5. The van der Waals surface area contributed by atoms with Gasteiger partial charge >= 0.3 is 16.1 Å². The first-order valence-electron chi connectivity index (χ1n) is 12.0. The molecule has 0 aromatic heterocycles. The smallest absolute Gasteiger partial charge is 0.338 e. The van der Waals surface area contributed by atoms with Gasteiger partial charge in [0.1, 0.15) is 12.4 Å². The van der Waals surface area contributed by atoms with E-state index in [0.29, 0.717) is 16.7 Å². The van der Waals surface area contributed by atoms with Crippen LogP contribution in [-0.4, -0.2) is 47.1 Å². The summed E-state index contributed by atoms with van der Waals surface area (Å²) in [5, 5.41) is 10.8. The number of hydrogen-bond donors (Lipinski definition) is 1. The second-order valence-corrected chi connectivity index (χ2v) is 10.2. The van der Waals surface area contributed by atoms with Crippen molar-refractivity contribution in [1.29, 1.82) is 0 Å². The third kappa shape index (κ3) is 6.13. The van der Waals surface area contributed by atoms with Gasteiger partial charge in [0.25, 0.3) is 0 Å². The van der Waals surface area contributed by atoms with Crippen LogP contribution in [0, 0.1) is 0 Å². The number of rotatable bonds is 10. The van der Waals surface area contributed by atoms with Gasteiger partial charge < -0.3 is 28.2 Å². The Morgan fingerprint density at radius 2 is 1.50 bits per heavy atom. The topological polar surface area (TPSA) is 118 Å². The molecule has 0 aliphatic carbocycles. The van der Waals surface area contributed by atoms with E-state index >= 15 is 0 Å². The van der Waals surface area contributed by atoms with Crippen LogP contribution in [0.15, 0.2) is 78.9 Å². The molecule has 0 saturated carbocycles. The molecule has 208 valence electrons. The van der Waals surface area contributed by atoms with E-state index in [1.54, 1.807) is 42.5 Å². The van der Waals surface area contributed by atoms with Crippen LogP contribution in [0.3, 0.4) is 0 Å². The summed E-state index contributed by atoms with van der Waals surface area (Å²) in [5.41, 5.74) is 2.45. The van der Waals surface area contributed by atoms with E-state index in [4.69, 9.17) is 23.1 Å². The van der Waals surface area contributed by atoms with E-state index in [-0.39, 0.29) is 46.5 Å². The third-order valence-corrected chi connectivity index (χ3v) is 6.44. The molecular formula is C30H28O9S. The molecule has 0 atom stereocenters. The molecular weight excluding hydrogens is 536 g/mol. The lowest BCUT2D eigenvalue weighted by Gasteiger charge is -2.21. The zero-order valence-electron chi connectivity index (χ0n) is 22.3. The van der Waals surface area contributed by atoms with Crippen LogP contribution in [-0.2, 0) is 21.5 Å². The number of carbonyl (C=O) groups excluding carboxylic acids is 1. The summed E-state index contributed by atoms with van der Waals surface area (Å²) in [6.45, 7) is 0.238. The van der Waals surface area contributed by atoms with Gasteiger partial charge in [-0.1, -0.05) is 54.6 Å². The highest BCUT2D eigenvalue weighted by atomic mass is 32.2. The molecule has 0 radical (unpaired) electrons. The highest BCUT2D eigenvalue weighted by Crippen LogP contribution is 2.52. The van der Waals surface area contributed by atoms with E-state index in [0.717, 1.165) is 11.8 Å². The van der Waals surface area contributed by atoms with Crippen molar-refractivity contribution in [3.05, 3.63) is 90.0 Å². The molecule has 4 rings (SSSR count). The summed E-state index contributed by atoms with van der Waals surface area (Å²) in [6, 6.07) is 22.3. The maximum absolute atomic E-state index is 12.5. The van der Waals surface area contributed by atoms with E-state index in [1.165, 1.54) is 27.4 Å². The molecule has 0 aliphatic heterocycles. The van der Waals surface area contributed by atoms with Crippen LogP contribution in [0.5, 0.6) is 28.7 Å². The summed E-state index contributed by atoms with van der Waals surface area (Å²) < 4.78 is 52.3. The van der Waals surface area contributed by atoms with E-state index < -0.39 is 16.1 Å². The van der Waals surface area contributed by atoms with E-state index in [2.05, 4.69) is 0 Å². The molecule has 1 N–H and O–H groups in total. The predicted octanol–water partition coefficient (Wildman–Crippen LogP) is 5.45. The molecule has 0 aliphatic rings. The second kappa shape index (κ2) is 12.0. The summed E-state index contributed by atoms with van der Waals surface area (Å²) in [4.78, 5) is 12.5. The van der Waals surface area contributed by atoms with Crippen LogP contribution < -0.4 is 18.4 Å². The molecule has 0 saturated heterocycles. The predicted molar refractivity (Wildman–Crippen MR) is 150 cm³/mol. The van der Waals surface area contributed by atoms with Crippen molar-refractivity contribution in [2.24, 2.45) is 0 Å². The number of aromatic hydroxyl groups is 1. The first kappa shape index (κ1) is 28.3. The first-order valence-corrected chi connectivity index (χ1v) is 13.8. The average molecular weight is 565 g/mol. The van der Waals surface area contributed by atoms with Crippen molar-refractivity contribution in [2.45, 2.75) is 6.61 Å². The van der Waals surface area contributed by atoms with E-state index in [9.17, 15) is 18.3 Å². The summed E-state index contributed by atoms with van der Waals surface area (Å²) in [6.07, 6.45) is 0.899. The fourth-order valence-electron chi connectivity index (χ4n) is 4.22. The minimum absolute atomic E-state index is 0.0291. The fourth-order valence-corrected chi connectivity index (χ4v) is 4.68. The Kier molecular flexibility index (Phi) is 8.49. The fraction of sp³-hybridized carbons (Fsp3) is 0.167. The number of hydrogen-bond acceptors (Lipinski definition) is 9. The number of benzene rings is 4. The van der Waals surface area contributed by atoms with Gasteiger partial charge in [-0.3, -0.25) is 0 Å². The number of phenols is 1. The molecule has 0 unspecified atom stereocenters. The number of esters is 1. The molecule has 0 heterocycles. The second-order valence-electron chi connectivity index (χ2n) is 8.65. The van der Waals surface area contributed by atoms with Crippen molar-refractivity contribution in [3.63, 3.8) is 0 Å². The Balaban J connectivity index is 1.90. The monoisotopic (exact) mass is 564 g/mol. The van der Waals surface area contributed by atoms with Gasteiger partial charge in [0, 0.05) is 11.1 Å². The van der Waals surface area contributed by atoms with Crippen LogP contribution >= 0.6 is 0 Å². The maximum Gasteiger partial charge on any atom is 0.338 e. The standard InChI is InChI=1S/C30H28O9S/c1-35-26-17-23(21-12-8-9-13-22(21)30(32)37-3)28(36-2)29(39-40(4,33)34)27(26)20-14-15-25(24(31)16-20)38-18-19-10-6-5-7-11-19/h5-17,31H,18H2,1-4H3. The molecule has 9 nitrogen and oxygen atoms in total. The lowest BCUT2D eigenvalue weighted by Crippen LogP contribution is -2.10. The van der Waals surface area contributed by atoms with Gasteiger partial charge in [-0.05, 0) is 35.4 Å². The normalized spacial score (nSPS) is 11.0. The summed E-state index contributed by atoms with van der Waals surface area (Å²) >= 11 is 0. The Hall–Kier alpha value is -4.70. The largest absolute Gasteiger partial charge is 0.504 e. The van der Waals surface area contributed by atoms with Crippen molar-refractivity contribution < 1.29 is 41.4 Å². The summed E-state index contributed by atoms with van der Waals surface area (Å²) in [5.74, 6) is -0.501. The van der Waals surface area contributed by atoms with Crippen molar-refractivity contribution in [1.82, 2.24) is 0 Å². The average Bonchev–Trinajstić information content (AvgIpc) is 2.95. The lowest BCUT2D eigenvalue weighted by atomic mass is 9.94. The van der Waals surface area contributed by atoms with Crippen LogP contribution in [0.4, 0.5) is 0 Å². The number of phenolic OH excluding ortho intramolecular Hbond substituents is 1. The Morgan fingerprint density at radius 1 is 0.800 bits per heavy atom. The molecule has 4 aromatic rings. The minimum Gasteiger partial charge on any atom is -0.504 e. The molecule has 0 spiro atoms. The van der Waals surface area contributed by atoms with Gasteiger partial charge in [0.15, 0.2) is 23.0 Å². The Bertz CT molecular complexity index is 1630. The van der Waals surface area contributed by atoms with Gasteiger partial charge in [0.2, 0.25) is 0 Å². The molecule has 0 bridgehead atoms. The Labute approximate surface area is 232 Å². The van der Waals surface area contributed by atoms with E-state index in [1.807, 2.05) is 30.3 Å². The molecule has 4 aromatic carbocycles. The van der Waals surface area contributed by atoms with Crippen molar-refractivity contribution in [3.8, 4) is 51.0 Å². The number of ether oxygens (including phenoxy) is 4. The molecule has 40 heavy (non-hydrogen) atoms. The first-order chi connectivity index (χ1) is 19.2. The third-order valence-electron chi connectivity index (χ3n) is 5.97. The zero-order chi connectivity index (χ0) is 28.9. The molecule has 0 fully saturated rings. The number of carbonyl (C=O) groups is 1. The van der Waals surface area contributed by atoms with Gasteiger partial charge in [-0.15, -0.1) is 0 Å². The zero-order valence-corrected chi connectivity index (χ0v) is 23.2. The molecule has 0 amide bonds. The van der Waals surface area contributed by atoms with Crippen LogP contribution in [0.1, 0.15) is 15.9 Å². The van der Waals surface area contributed by atoms with Crippen molar-refractivity contribution in [2.75, 3.05) is 27.6 Å². The highest BCUT2D eigenvalue weighted by molar-refractivity contribution is 7.86. The highest BCUT2D eigenvalue weighted by Gasteiger charge is 2.28. The summed E-state index contributed by atoms with van der Waals surface area (Å²) in [7, 11) is -0.0497. The van der Waals surface area contributed by atoms with Gasteiger partial charge in [-0.25, -0.2) is 4.79 Å². The quantitative estimate of drug-likeness (QED) is 0.198. The number of methoxy groups -OCH3 is 3. The van der Waals surface area contributed by atoms with Crippen LogP contribution in [0.25, 0.3) is 22.3 Å². The van der Waals surface area contributed by atoms with Gasteiger partial charge in [-0.2, -0.15) is 8.42 Å². The SMILES string of the molecule is COC(=O)c1ccccc1-c1cc(OC)c(-c2ccc(OCc3ccccc3)c(O)c2)c(OS(C)(=O)=O)c1OC. The minimum atomic E-state index is -4.07. The molecule has 10 heteroatoms.